The molecule has 4 heteroatoms. The van der Waals surface area contributed by atoms with Gasteiger partial charge in [0.15, 0.2) is 11.9 Å². The number of hydrogen-bond acceptors (Lipinski definition) is 4. The van der Waals surface area contributed by atoms with Crippen molar-refractivity contribution in [1.82, 2.24) is 0 Å². The fourth-order valence-corrected chi connectivity index (χ4v) is 4.88. The number of carbonyl (C=O) groups is 2. The second kappa shape index (κ2) is 8.57. The van der Waals surface area contributed by atoms with Crippen LogP contribution in [0.25, 0.3) is 0 Å². The first-order valence-corrected chi connectivity index (χ1v) is 11.5. The molecule has 1 aliphatic heterocycles. The van der Waals surface area contributed by atoms with Gasteiger partial charge in [-0.1, -0.05) is 68.8 Å². The van der Waals surface area contributed by atoms with E-state index >= 15 is 0 Å². The van der Waals surface area contributed by atoms with E-state index in [4.69, 9.17) is 9.47 Å². The average Bonchev–Trinajstić information content (AvgIpc) is 3.36. The molecule has 3 unspecified atom stereocenters. The Balaban J connectivity index is 1.61. The van der Waals surface area contributed by atoms with E-state index < -0.39 is 12.0 Å². The molecule has 3 aliphatic rings. The Hall–Kier alpha value is -2.88. The molecule has 168 valence electrons. The minimum Gasteiger partial charge on any atom is -0.486 e. The fraction of sp³-hybridized carbons (Fsp3) is 0.429. The van der Waals surface area contributed by atoms with Crippen LogP contribution in [0.5, 0.6) is 0 Å². The molecule has 1 saturated heterocycles. The third-order valence-corrected chi connectivity index (χ3v) is 6.57. The van der Waals surface area contributed by atoms with Crippen LogP contribution in [0.1, 0.15) is 52.2 Å². The number of hydrogen-bond donors (Lipinski definition) is 0. The Bertz CT molecular complexity index is 1040. The van der Waals surface area contributed by atoms with Crippen molar-refractivity contribution >= 4 is 11.8 Å². The van der Waals surface area contributed by atoms with Crippen molar-refractivity contribution in [2.75, 3.05) is 6.61 Å². The van der Waals surface area contributed by atoms with Crippen LogP contribution in [-0.2, 0) is 30.9 Å². The lowest BCUT2D eigenvalue weighted by molar-refractivity contribution is -0.139. The van der Waals surface area contributed by atoms with Gasteiger partial charge in [-0.25, -0.2) is 4.79 Å². The average molecular weight is 433 g/mol. The topological polar surface area (TPSA) is 52.6 Å². The predicted octanol–water partition coefficient (Wildman–Crippen LogP) is 5.39. The maximum Gasteiger partial charge on any atom is 0.334 e. The molecule has 1 heterocycles. The largest absolute Gasteiger partial charge is 0.486 e. The van der Waals surface area contributed by atoms with Crippen LogP contribution in [0, 0.1) is 11.8 Å². The van der Waals surface area contributed by atoms with Crippen molar-refractivity contribution in [3.63, 3.8) is 0 Å². The first-order chi connectivity index (χ1) is 15.2. The summed E-state index contributed by atoms with van der Waals surface area (Å²) in [5.74, 6) is -0.419. The highest BCUT2D eigenvalue weighted by molar-refractivity contribution is 5.97. The lowest BCUT2D eigenvalue weighted by Crippen LogP contribution is -2.33. The van der Waals surface area contributed by atoms with Crippen molar-refractivity contribution in [1.29, 1.82) is 0 Å². The van der Waals surface area contributed by atoms with Crippen LogP contribution >= 0.6 is 0 Å². The predicted molar refractivity (Wildman–Crippen MR) is 125 cm³/mol. The Labute approximate surface area is 190 Å². The van der Waals surface area contributed by atoms with E-state index in [9.17, 15) is 9.59 Å². The molecule has 0 saturated carbocycles. The molecule has 0 aromatic heterocycles. The van der Waals surface area contributed by atoms with Gasteiger partial charge in [-0.2, -0.15) is 0 Å². The number of fused-ring (bicyclic) bond motifs is 1. The van der Waals surface area contributed by atoms with Crippen LogP contribution in [0.3, 0.4) is 0 Å². The van der Waals surface area contributed by atoms with Crippen molar-refractivity contribution in [3.8, 4) is 0 Å². The van der Waals surface area contributed by atoms with Crippen molar-refractivity contribution in [3.05, 3.63) is 82.2 Å². The van der Waals surface area contributed by atoms with Crippen molar-refractivity contribution in [2.24, 2.45) is 11.8 Å². The Morgan fingerprint density at radius 2 is 1.88 bits per heavy atom. The molecule has 2 aliphatic carbocycles. The molecule has 4 nitrogen and oxygen atoms in total. The van der Waals surface area contributed by atoms with Crippen LogP contribution < -0.4 is 0 Å². The molecular weight excluding hydrogens is 400 g/mol. The van der Waals surface area contributed by atoms with Gasteiger partial charge in [-0.15, -0.1) is 0 Å². The van der Waals surface area contributed by atoms with Gasteiger partial charge >= 0.3 is 5.97 Å². The number of benzene rings is 1. The van der Waals surface area contributed by atoms with E-state index in [1.165, 1.54) is 5.56 Å². The van der Waals surface area contributed by atoms with E-state index in [0.717, 1.165) is 23.1 Å². The lowest BCUT2D eigenvalue weighted by Gasteiger charge is -2.29. The summed E-state index contributed by atoms with van der Waals surface area (Å²) in [6.07, 6.45) is 8.63. The Morgan fingerprint density at radius 1 is 1.16 bits per heavy atom. The minimum atomic E-state index is -0.543. The summed E-state index contributed by atoms with van der Waals surface area (Å²) in [5, 5.41) is 0. The number of allylic oxidation sites excluding steroid dienone is 7. The molecule has 1 aromatic carbocycles. The molecule has 0 spiro atoms. The zero-order valence-electron chi connectivity index (χ0n) is 19.6. The Kier molecular flexibility index (Phi) is 5.98. The first-order valence-electron chi connectivity index (χ1n) is 11.5. The van der Waals surface area contributed by atoms with E-state index in [-0.39, 0.29) is 23.1 Å². The third-order valence-electron chi connectivity index (χ3n) is 6.57. The molecule has 0 amide bonds. The van der Waals surface area contributed by atoms with Gasteiger partial charge in [0.1, 0.15) is 5.76 Å². The van der Waals surface area contributed by atoms with E-state index in [1.54, 1.807) is 6.92 Å². The number of carbonyl (C=O) groups excluding carboxylic acids is 2. The van der Waals surface area contributed by atoms with Gasteiger partial charge in [0.2, 0.25) is 0 Å². The van der Waals surface area contributed by atoms with Crippen LogP contribution in [0.15, 0.2) is 71.0 Å². The number of esters is 1. The van der Waals surface area contributed by atoms with Gasteiger partial charge in [0, 0.05) is 17.9 Å². The van der Waals surface area contributed by atoms with Crippen molar-refractivity contribution < 1.29 is 19.1 Å². The molecule has 4 rings (SSSR count). The SMILES string of the molecule is CCOC(=O)C1=C(C)C=C2OC(Cc3ccc(C(C)(C)C)cc3)C(=O)C2C1C1=CC=CC1. The quantitative estimate of drug-likeness (QED) is 0.586. The highest BCUT2D eigenvalue weighted by atomic mass is 16.5. The normalized spacial score (nSPS) is 24.8. The van der Waals surface area contributed by atoms with E-state index in [1.807, 2.05) is 25.2 Å². The third kappa shape index (κ3) is 4.11. The molecular formula is C28H32O4. The molecule has 1 aromatic rings. The molecule has 0 radical (unpaired) electrons. The monoisotopic (exact) mass is 432 g/mol. The Morgan fingerprint density at radius 3 is 2.47 bits per heavy atom. The molecule has 32 heavy (non-hydrogen) atoms. The van der Waals surface area contributed by atoms with Crippen molar-refractivity contribution in [2.45, 2.75) is 59.0 Å². The summed E-state index contributed by atoms with van der Waals surface area (Å²) < 4.78 is 11.6. The standard InChI is InChI=1S/C28H32O4/c1-6-31-27(30)23-17(2)15-21-25(24(23)19-9-7-8-10-19)26(29)22(32-21)16-18-11-13-20(14-12-18)28(3,4)5/h7-9,11-15,22,24-25H,6,10,16H2,1-5H3. The summed E-state index contributed by atoms with van der Waals surface area (Å²) >= 11 is 0. The zero-order valence-corrected chi connectivity index (χ0v) is 19.6. The van der Waals surface area contributed by atoms with Gasteiger partial charge in [-0.05, 0) is 48.5 Å². The zero-order chi connectivity index (χ0) is 23.0. The number of Topliss-reactive ketones (excluding diaryl/α,β-unsaturated/α-hetero) is 1. The van der Waals surface area contributed by atoms with Crippen LogP contribution in [0.4, 0.5) is 0 Å². The summed E-state index contributed by atoms with van der Waals surface area (Å²) in [6.45, 7) is 10.6. The van der Waals surface area contributed by atoms with Gasteiger partial charge in [0.25, 0.3) is 0 Å². The smallest absolute Gasteiger partial charge is 0.334 e. The maximum atomic E-state index is 13.6. The molecule has 0 bridgehead atoms. The minimum absolute atomic E-state index is 0.0447. The van der Waals surface area contributed by atoms with Crippen LogP contribution in [0.2, 0.25) is 0 Å². The second-order valence-corrected chi connectivity index (χ2v) is 9.85. The lowest BCUT2D eigenvalue weighted by atomic mass is 9.72. The fourth-order valence-electron chi connectivity index (χ4n) is 4.88. The number of ether oxygens (including phenoxy) is 2. The van der Waals surface area contributed by atoms with E-state index in [0.29, 0.717) is 24.4 Å². The summed E-state index contributed by atoms with van der Waals surface area (Å²) in [7, 11) is 0. The second-order valence-electron chi connectivity index (χ2n) is 9.85. The van der Waals surface area contributed by atoms with Gasteiger partial charge in [0.05, 0.1) is 12.5 Å². The molecule has 0 N–H and O–H groups in total. The molecule has 3 atom stereocenters. The highest BCUT2D eigenvalue weighted by Gasteiger charge is 2.50. The molecule has 1 fully saturated rings. The highest BCUT2D eigenvalue weighted by Crippen LogP contribution is 2.47. The summed E-state index contributed by atoms with van der Waals surface area (Å²) in [4.78, 5) is 26.4. The summed E-state index contributed by atoms with van der Waals surface area (Å²) in [6, 6.07) is 8.43. The number of ketones is 1. The summed E-state index contributed by atoms with van der Waals surface area (Å²) in [5.41, 5.74) is 4.88. The number of rotatable bonds is 5. The van der Waals surface area contributed by atoms with Gasteiger partial charge in [-0.3, -0.25) is 4.79 Å². The van der Waals surface area contributed by atoms with Gasteiger partial charge < -0.3 is 9.47 Å². The van der Waals surface area contributed by atoms with E-state index in [2.05, 4.69) is 51.1 Å². The first kappa shape index (κ1) is 22.3. The van der Waals surface area contributed by atoms with Crippen LogP contribution in [-0.4, -0.2) is 24.5 Å². The maximum absolute atomic E-state index is 13.6.